The van der Waals surface area contributed by atoms with E-state index in [4.69, 9.17) is 0 Å². The van der Waals surface area contributed by atoms with Gasteiger partial charge in [0.15, 0.2) is 0 Å². The number of hydrogen-bond acceptors (Lipinski definition) is 5. The molecule has 5 heteroatoms. The molecule has 1 aliphatic heterocycles. The first-order valence-electron chi connectivity index (χ1n) is 9.52. The molecule has 3 aromatic rings. The zero-order valence-electron chi connectivity index (χ0n) is 15.3. The van der Waals surface area contributed by atoms with Gasteiger partial charge < -0.3 is 10.2 Å². The van der Waals surface area contributed by atoms with E-state index in [9.17, 15) is 0 Å². The number of anilines is 1. The van der Waals surface area contributed by atoms with E-state index in [1.807, 2.05) is 0 Å². The van der Waals surface area contributed by atoms with E-state index >= 15 is 0 Å². The average Bonchev–Trinajstić information content (AvgIpc) is 3.08. The van der Waals surface area contributed by atoms with Crippen LogP contribution in [0.4, 0.5) is 5.82 Å². The molecule has 1 N–H and O–H groups in total. The summed E-state index contributed by atoms with van der Waals surface area (Å²) in [5.74, 6) is 1.12. The van der Waals surface area contributed by atoms with E-state index in [0.29, 0.717) is 6.04 Å². The Balaban J connectivity index is 1.26. The molecule has 1 saturated heterocycles. The van der Waals surface area contributed by atoms with Gasteiger partial charge in [-0.05, 0) is 55.7 Å². The van der Waals surface area contributed by atoms with Crippen LogP contribution in [0.1, 0.15) is 30.4 Å². The third kappa shape index (κ3) is 3.89. The largest absolute Gasteiger partial charge is 0.355 e. The molecule has 0 bridgehead atoms. The zero-order valence-corrected chi connectivity index (χ0v) is 16.1. The molecule has 0 unspecified atom stereocenters. The lowest BCUT2D eigenvalue weighted by Crippen LogP contribution is -2.43. The van der Waals surface area contributed by atoms with Crippen LogP contribution in [0.3, 0.4) is 0 Å². The molecule has 2 aromatic heterocycles. The molecular formula is C21H26N4S. The maximum absolute atomic E-state index is 4.58. The highest BCUT2D eigenvalue weighted by molar-refractivity contribution is 7.18. The molecule has 1 aliphatic rings. The van der Waals surface area contributed by atoms with Crippen molar-refractivity contribution in [1.82, 2.24) is 15.3 Å². The average molecular weight is 367 g/mol. The lowest BCUT2D eigenvalue weighted by molar-refractivity contribution is 0.412. The lowest BCUT2D eigenvalue weighted by Gasteiger charge is -2.33. The van der Waals surface area contributed by atoms with Crippen LogP contribution in [-0.2, 0) is 6.42 Å². The minimum atomic E-state index is 0.629. The van der Waals surface area contributed by atoms with Crippen molar-refractivity contribution in [3.05, 3.63) is 53.2 Å². The number of nitrogens with zero attached hydrogens (tertiary/aromatic N) is 3. The molecule has 4 nitrogen and oxygen atoms in total. The first-order chi connectivity index (χ1) is 12.8. The van der Waals surface area contributed by atoms with E-state index in [0.717, 1.165) is 37.4 Å². The highest BCUT2D eigenvalue weighted by Gasteiger charge is 2.22. The molecule has 0 aliphatic carbocycles. The molecule has 0 amide bonds. The van der Waals surface area contributed by atoms with Crippen LogP contribution >= 0.6 is 11.3 Å². The fourth-order valence-corrected chi connectivity index (χ4v) is 4.74. The summed E-state index contributed by atoms with van der Waals surface area (Å²) in [5.41, 5.74) is 3.80. The summed E-state index contributed by atoms with van der Waals surface area (Å²) in [7, 11) is 0. The highest BCUT2D eigenvalue weighted by Crippen LogP contribution is 2.32. The van der Waals surface area contributed by atoms with Crippen molar-refractivity contribution in [3.63, 3.8) is 0 Å². The van der Waals surface area contributed by atoms with Crippen LogP contribution < -0.4 is 10.2 Å². The minimum absolute atomic E-state index is 0.629. The van der Waals surface area contributed by atoms with Gasteiger partial charge in [-0.1, -0.05) is 30.3 Å². The van der Waals surface area contributed by atoms with Gasteiger partial charge in [0.05, 0.1) is 10.2 Å². The maximum atomic E-state index is 4.58. The van der Waals surface area contributed by atoms with Crippen molar-refractivity contribution in [3.8, 4) is 0 Å². The van der Waals surface area contributed by atoms with Gasteiger partial charge in [-0.25, -0.2) is 9.97 Å². The normalized spacial score (nSPS) is 15.7. The SMILES string of the molecule is Cc1csc2c(N3CCC(NCCCc4ccccc4)CC3)ncnc12. The fraction of sp³-hybridized carbons (Fsp3) is 0.429. The molecule has 0 saturated carbocycles. The summed E-state index contributed by atoms with van der Waals surface area (Å²) in [6.45, 7) is 5.36. The Kier molecular flexibility index (Phi) is 5.46. The monoisotopic (exact) mass is 366 g/mol. The summed E-state index contributed by atoms with van der Waals surface area (Å²) in [4.78, 5) is 11.5. The van der Waals surface area contributed by atoms with E-state index in [1.165, 1.54) is 35.1 Å². The topological polar surface area (TPSA) is 41.0 Å². The minimum Gasteiger partial charge on any atom is -0.355 e. The number of benzene rings is 1. The Labute approximate surface area is 159 Å². The highest BCUT2D eigenvalue weighted by atomic mass is 32.1. The molecule has 136 valence electrons. The molecule has 1 aromatic carbocycles. The Morgan fingerprint density at radius 3 is 2.77 bits per heavy atom. The summed E-state index contributed by atoms with van der Waals surface area (Å²) in [5, 5.41) is 5.93. The molecule has 0 radical (unpaired) electrons. The van der Waals surface area contributed by atoms with Crippen LogP contribution in [0.15, 0.2) is 42.0 Å². The molecule has 3 heterocycles. The molecule has 26 heavy (non-hydrogen) atoms. The smallest absolute Gasteiger partial charge is 0.150 e. The van der Waals surface area contributed by atoms with E-state index in [-0.39, 0.29) is 0 Å². The number of aryl methyl sites for hydroxylation is 2. The van der Waals surface area contributed by atoms with Crippen LogP contribution in [-0.4, -0.2) is 35.6 Å². The third-order valence-corrected chi connectivity index (χ3v) is 6.31. The van der Waals surface area contributed by atoms with E-state index < -0.39 is 0 Å². The predicted molar refractivity (Wildman–Crippen MR) is 110 cm³/mol. The van der Waals surface area contributed by atoms with Crippen LogP contribution in [0, 0.1) is 6.92 Å². The van der Waals surface area contributed by atoms with Crippen molar-refractivity contribution >= 4 is 27.4 Å². The van der Waals surface area contributed by atoms with Crippen molar-refractivity contribution in [2.75, 3.05) is 24.5 Å². The van der Waals surface area contributed by atoms with Gasteiger partial charge >= 0.3 is 0 Å². The second-order valence-corrected chi connectivity index (χ2v) is 7.98. The summed E-state index contributed by atoms with van der Waals surface area (Å²) >= 11 is 1.77. The van der Waals surface area contributed by atoms with Gasteiger partial charge in [-0.15, -0.1) is 11.3 Å². The van der Waals surface area contributed by atoms with Gasteiger partial charge in [0.1, 0.15) is 12.1 Å². The number of hydrogen-bond donors (Lipinski definition) is 1. The number of aromatic nitrogens is 2. The Hall–Kier alpha value is -1.98. The Bertz CT molecular complexity index is 838. The lowest BCUT2D eigenvalue weighted by atomic mass is 10.0. The van der Waals surface area contributed by atoms with Crippen molar-refractivity contribution in [2.24, 2.45) is 0 Å². The van der Waals surface area contributed by atoms with Crippen LogP contribution in [0.5, 0.6) is 0 Å². The van der Waals surface area contributed by atoms with Crippen LogP contribution in [0.2, 0.25) is 0 Å². The predicted octanol–water partition coefficient (Wildman–Crippen LogP) is 4.19. The number of nitrogens with one attached hydrogen (secondary N) is 1. The number of thiophene rings is 1. The first kappa shape index (κ1) is 17.4. The fourth-order valence-electron chi connectivity index (χ4n) is 3.72. The van der Waals surface area contributed by atoms with Gasteiger partial charge in [0.25, 0.3) is 0 Å². The van der Waals surface area contributed by atoms with Crippen molar-refractivity contribution < 1.29 is 0 Å². The quantitative estimate of drug-likeness (QED) is 0.664. The Morgan fingerprint density at radius 2 is 1.96 bits per heavy atom. The van der Waals surface area contributed by atoms with Gasteiger partial charge in [0.2, 0.25) is 0 Å². The molecule has 1 fully saturated rings. The van der Waals surface area contributed by atoms with Crippen LogP contribution in [0.25, 0.3) is 10.2 Å². The zero-order chi connectivity index (χ0) is 17.8. The number of rotatable bonds is 6. The summed E-state index contributed by atoms with van der Waals surface area (Å²) in [6, 6.07) is 11.4. The van der Waals surface area contributed by atoms with E-state index in [2.05, 4.69) is 62.8 Å². The van der Waals surface area contributed by atoms with Crippen molar-refractivity contribution in [1.29, 1.82) is 0 Å². The number of fused-ring (bicyclic) bond motifs is 1. The molecule has 0 spiro atoms. The Morgan fingerprint density at radius 1 is 1.15 bits per heavy atom. The second-order valence-electron chi connectivity index (χ2n) is 7.10. The number of piperidine rings is 1. The van der Waals surface area contributed by atoms with Gasteiger partial charge in [-0.3, -0.25) is 0 Å². The second kappa shape index (κ2) is 8.14. The summed E-state index contributed by atoms with van der Waals surface area (Å²) in [6.07, 6.45) is 6.43. The standard InChI is InChI=1S/C21H26N4S/c1-16-14-26-20-19(16)23-15-24-21(20)25-12-9-18(10-13-25)22-11-5-8-17-6-3-2-4-7-17/h2-4,6-7,14-15,18,22H,5,8-13H2,1H3. The van der Waals surface area contributed by atoms with Crippen molar-refractivity contribution in [2.45, 2.75) is 38.6 Å². The summed E-state index contributed by atoms with van der Waals surface area (Å²) < 4.78 is 1.24. The molecule has 4 rings (SSSR count). The molecular weight excluding hydrogens is 340 g/mol. The van der Waals surface area contributed by atoms with Gasteiger partial charge in [0, 0.05) is 19.1 Å². The van der Waals surface area contributed by atoms with Gasteiger partial charge in [-0.2, -0.15) is 0 Å². The maximum Gasteiger partial charge on any atom is 0.150 e. The first-order valence-corrected chi connectivity index (χ1v) is 10.4. The molecule has 0 atom stereocenters. The third-order valence-electron chi connectivity index (χ3n) is 5.22. The van der Waals surface area contributed by atoms with E-state index in [1.54, 1.807) is 17.7 Å².